The van der Waals surface area contributed by atoms with Crippen LogP contribution in [0.3, 0.4) is 0 Å². The van der Waals surface area contributed by atoms with Crippen molar-refractivity contribution in [2.45, 2.75) is 10.9 Å². The van der Waals surface area contributed by atoms with Crippen LogP contribution in [0, 0.1) is 5.82 Å². The van der Waals surface area contributed by atoms with Crippen molar-refractivity contribution in [2.24, 2.45) is 14.1 Å². The lowest BCUT2D eigenvalue weighted by molar-refractivity contribution is 0.0933. The highest BCUT2D eigenvalue weighted by molar-refractivity contribution is 7.89. The largest absolute Gasteiger partial charge is 0.345 e. The van der Waals surface area contributed by atoms with Gasteiger partial charge in [0.2, 0.25) is 10.0 Å². The Morgan fingerprint density at radius 1 is 1.21 bits per heavy atom. The smallest absolute Gasteiger partial charge is 0.268 e. The molecule has 28 heavy (non-hydrogen) atoms. The van der Waals surface area contributed by atoms with Crippen LogP contribution >= 0.6 is 0 Å². The van der Waals surface area contributed by atoms with Crippen molar-refractivity contribution in [2.75, 3.05) is 7.05 Å². The summed E-state index contributed by atoms with van der Waals surface area (Å²) >= 11 is 0. The van der Waals surface area contributed by atoms with E-state index in [4.69, 9.17) is 0 Å². The number of amides is 1. The van der Waals surface area contributed by atoms with E-state index in [1.807, 2.05) is 0 Å². The number of sulfonamides is 1. The number of carbonyl (C=O) groups excluding carboxylic acids is 1. The van der Waals surface area contributed by atoms with Gasteiger partial charge in [0.15, 0.2) is 0 Å². The zero-order chi connectivity index (χ0) is 20.5. The van der Waals surface area contributed by atoms with Crippen molar-refractivity contribution in [1.82, 2.24) is 24.2 Å². The second kappa shape index (κ2) is 7.56. The molecule has 8 nitrogen and oxygen atoms in total. The van der Waals surface area contributed by atoms with Crippen molar-refractivity contribution >= 4 is 15.9 Å². The Morgan fingerprint density at radius 2 is 1.96 bits per heavy atom. The Kier molecular flexibility index (Phi) is 5.34. The molecule has 1 atom stereocenters. The summed E-state index contributed by atoms with van der Waals surface area (Å²) in [5.41, 5.74) is 0.657. The molecule has 0 saturated carbocycles. The number of benzene rings is 1. The SMILES string of the molecule is CNS(=O)(=O)c1cc(C(=O)NC(c2cccc(F)c2)c2nccn2C)n(C)c1. The first-order chi connectivity index (χ1) is 13.2. The van der Waals surface area contributed by atoms with Gasteiger partial charge in [-0.2, -0.15) is 0 Å². The maximum Gasteiger partial charge on any atom is 0.268 e. The van der Waals surface area contributed by atoms with Gasteiger partial charge in [-0.15, -0.1) is 0 Å². The van der Waals surface area contributed by atoms with E-state index in [9.17, 15) is 17.6 Å². The number of nitrogens with zero attached hydrogens (tertiary/aromatic N) is 3. The van der Waals surface area contributed by atoms with Crippen LogP contribution in [0.2, 0.25) is 0 Å². The molecule has 2 N–H and O–H groups in total. The molecule has 0 fully saturated rings. The van der Waals surface area contributed by atoms with Crippen LogP contribution in [-0.2, 0) is 24.1 Å². The number of aryl methyl sites for hydroxylation is 2. The molecule has 0 radical (unpaired) electrons. The fourth-order valence-electron chi connectivity index (χ4n) is 2.87. The van der Waals surface area contributed by atoms with Gasteiger partial charge in [-0.3, -0.25) is 4.79 Å². The molecule has 148 valence electrons. The highest BCUT2D eigenvalue weighted by Gasteiger charge is 2.25. The number of imidazole rings is 1. The van der Waals surface area contributed by atoms with Crippen LogP contribution in [0.4, 0.5) is 4.39 Å². The van der Waals surface area contributed by atoms with Crippen LogP contribution in [0.5, 0.6) is 0 Å². The Balaban J connectivity index is 1.98. The van der Waals surface area contributed by atoms with Crippen molar-refractivity contribution < 1.29 is 17.6 Å². The van der Waals surface area contributed by atoms with Gasteiger partial charge in [-0.25, -0.2) is 22.5 Å². The van der Waals surface area contributed by atoms with E-state index in [1.165, 1.54) is 36.0 Å². The summed E-state index contributed by atoms with van der Waals surface area (Å²) in [5.74, 6) is -0.444. The Labute approximate surface area is 162 Å². The quantitative estimate of drug-likeness (QED) is 0.646. The summed E-state index contributed by atoms with van der Waals surface area (Å²) in [6.07, 6.45) is 4.64. The number of hydrogen-bond acceptors (Lipinski definition) is 4. The lowest BCUT2D eigenvalue weighted by atomic mass is 10.1. The van der Waals surface area contributed by atoms with Gasteiger partial charge in [-0.1, -0.05) is 12.1 Å². The van der Waals surface area contributed by atoms with Crippen molar-refractivity contribution in [3.05, 3.63) is 71.8 Å². The molecule has 0 aliphatic rings. The molecule has 0 aliphatic heterocycles. The Morgan fingerprint density at radius 3 is 2.57 bits per heavy atom. The maximum atomic E-state index is 13.8. The van der Waals surface area contributed by atoms with Gasteiger partial charge in [0, 0.05) is 32.7 Å². The lowest BCUT2D eigenvalue weighted by Crippen LogP contribution is -2.32. The minimum atomic E-state index is -3.69. The number of halogens is 1. The minimum Gasteiger partial charge on any atom is -0.345 e. The number of carbonyl (C=O) groups is 1. The number of hydrogen-bond donors (Lipinski definition) is 2. The van der Waals surface area contributed by atoms with Crippen LogP contribution in [0.25, 0.3) is 0 Å². The molecule has 0 aliphatic carbocycles. The fourth-order valence-corrected chi connectivity index (χ4v) is 3.67. The predicted molar refractivity (Wildman–Crippen MR) is 101 cm³/mol. The third kappa shape index (κ3) is 3.82. The van der Waals surface area contributed by atoms with E-state index in [0.717, 1.165) is 0 Å². The van der Waals surface area contributed by atoms with Crippen LogP contribution in [0.1, 0.15) is 27.9 Å². The molecule has 0 saturated heterocycles. The van der Waals surface area contributed by atoms with Crippen LogP contribution in [0.15, 0.2) is 53.8 Å². The summed E-state index contributed by atoms with van der Waals surface area (Å²) in [5, 5.41) is 2.82. The van der Waals surface area contributed by atoms with Gasteiger partial charge in [0.25, 0.3) is 5.91 Å². The average Bonchev–Trinajstić information content (AvgIpc) is 3.25. The highest BCUT2D eigenvalue weighted by Crippen LogP contribution is 2.22. The highest BCUT2D eigenvalue weighted by atomic mass is 32.2. The first kappa shape index (κ1) is 19.8. The summed E-state index contributed by atoms with van der Waals surface area (Å²) in [6, 6.07) is 6.43. The van der Waals surface area contributed by atoms with E-state index in [2.05, 4.69) is 15.0 Å². The zero-order valence-electron chi connectivity index (χ0n) is 15.5. The van der Waals surface area contributed by atoms with E-state index >= 15 is 0 Å². The fraction of sp³-hybridized carbons (Fsp3) is 0.222. The first-order valence-corrected chi connectivity index (χ1v) is 9.84. The first-order valence-electron chi connectivity index (χ1n) is 8.36. The van der Waals surface area contributed by atoms with Crippen LogP contribution in [-0.4, -0.2) is 35.5 Å². The zero-order valence-corrected chi connectivity index (χ0v) is 16.4. The molecule has 2 heterocycles. The number of aromatic nitrogens is 3. The standard InChI is InChI=1S/C18H20FN5O3S/c1-20-28(26,27)14-10-15(24(3)11-14)18(25)22-16(17-21-7-8-23(17)2)12-5-4-6-13(19)9-12/h4-11,16,20H,1-3H3,(H,22,25). The monoisotopic (exact) mass is 405 g/mol. The number of nitrogens with one attached hydrogen (secondary N) is 2. The molecule has 0 bridgehead atoms. The van der Waals surface area contributed by atoms with E-state index < -0.39 is 27.8 Å². The summed E-state index contributed by atoms with van der Waals surface area (Å²) in [4.78, 5) is 17.1. The molecule has 0 spiro atoms. The second-order valence-corrected chi connectivity index (χ2v) is 8.12. The minimum absolute atomic E-state index is 0.0260. The molecular formula is C18H20FN5O3S. The van der Waals surface area contributed by atoms with Gasteiger partial charge < -0.3 is 14.5 Å². The molecule has 3 rings (SSSR count). The third-order valence-corrected chi connectivity index (χ3v) is 5.75. The van der Waals surface area contributed by atoms with E-state index in [-0.39, 0.29) is 10.6 Å². The maximum absolute atomic E-state index is 13.8. The van der Waals surface area contributed by atoms with Gasteiger partial charge >= 0.3 is 0 Å². The molecule has 1 unspecified atom stereocenters. The second-order valence-electron chi connectivity index (χ2n) is 6.24. The molecule has 1 amide bonds. The molecule has 1 aromatic carbocycles. The van der Waals surface area contributed by atoms with Gasteiger partial charge in [0.05, 0.1) is 0 Å². The van der Waals surface area contributed by atoms with Crippen molar-refractivity contribution in [3.63, 3.8) is 0 Å². The number of rotatable bonds is 6. The molecule has 2 aromatic heterocycles. The van der Waals surface area contributed by atoms with Crippen molar-refractivity contribution in [1.29, 1.82) is 0 Å². The molecule has 3 aromatic rings. The summed E-state index contributed by atoms with van der Waals surface area (Å²) in [6.45, 7) is 0. The Hall–Kier alpha value is -2.98. The third-order valence-electron chi connectivity index (χ3n) is 4.37. The predicted octanol–water partition coefficient (Wildman–Crippen LogP) is 1.33. The topological polar surface area (TPSA) is 98.0 Å². The summed E-state index contributed by atoms with van der Waals surface area (Å²) < 4.78 is 43.1. The molecular weight excluding hydrogens is 385 g/mol. The summed E-state index contributed by atoms with van der Waals surface area (Å²) in [7, 11) is 0.944. The van der Waals surface area contributed by atoms with Crippen molar-refractivity contribution in [3.8, 4) is 0 Å². The van der Waals surface area contributed by atoms with E-state index in [0.29, 0.717) is 11.4 Å². The van der Waals surface area contributed by atoms with Gasteiger partial charge in [-0.05, 0) is 30.8 Å². The molecule has 10 heteroatoms. The van der Waals surface area contributed by atoms with Crippen LogP contribution < -0.4 is 10.0 Å². The lowest BCUT2D eigenvalue weighted by Gasteiger charge is -2.19. The van der Waals surface area contributed by atoms with Gasteiger partial charge in [0.1, 0.15) is 28.3 Å². The normalized spacial score (nSPS) is 12.7. The Bertz CT molecular complexity index is 1120. The average molecular weight is 405 g/mol. The van der Waals surface area contributed by atoms with E-state index in [1.54, 1.807) is 43.2 Å².